The Balaban J connectivity index is 0.819. The van der Waals surface area contributed by atoms with E-state index in [1.165, 1.54) is 127 Å². The second kappa shape index (κ2) is 23.0. The number of benzene rings is 4. The number of hydrogen-bond donors (Lipinski definition) is 4. The quantitative estimate of drug-likeness (QED) is 0.0583. The molecule has 0 bridgehead atoms. The Bertz CT molecular complexity index is 1530. The summed E-state index contributed by atoms with van der Waals surface area (Å²) < 4.78 is 0. The molecule has 10 heteroatoms. The van der Waals surface area contributed by atoms with Crippen LogP contribution in [0.3, 0.4) is 0 Å². The van der Waals surface area contributed by atoms with Crippen LogP contribution in [-0.4, -0.2) is 125 Å². The monoisotopic (exact) mass is 780 g/mol. The molecule has 4 N–H and O–H groups in total. The molecule has 4 aromatic rings. The maximum atomic E-state index is 3.70. The molecule has 0 amide bonds. The number of nitrogens with zero attached hydrogens (tertiary/aromatic N) is 4. The SMILES string of the molecule is CN1CCN(CCCNc2ccccc2Sc2ccc(NCCCCCNc3ccc(Sc4ccccc4NCCCN4CCN(C)CC4)cc3)cc2)CC1. The summed E-state index contributed by atoms with van der Waals surface area (Å²) in [6.07, 6.45) is 5.84. The van der Waals surface area contributed by atoms with Crippen molar-refractivity contribution >= 4 is 46.3 Å². The van der Waals surface area contributed by atoms with Gasteiger partial charge < -0.3 is 40.9 Å². The van der Waals surface area contributed by atoms with E-state index in [1.54, 1.807) is 0 Å². The lowest BCUT2D eigenvalue weighted by Crippen LogP contribution is -2.44. The van der Waals surface area contributed by atoms with E-state index in [9.17, 15) is 0 Å². The summed E-state index contributed by atoms with van der Waals surface area (Å²) in [4.78, 5) is 15.1. The van der Waals surface area contributed by atoms with E-state index in [1.807, 2.05) is 23.5 Å². The van der Waals surface area contributed by atoms with Gasteiger partial charge in [0.15, 0.2) is 0 Å². The van der Waals surface area contributed by atoms with Crippen molar-refractivity contribution < 1.29 is 0 Å². The Kier molecular flexibility index (Phi) is 17.3. The van der Waals surface area contributed by atoms with E-state index >= 15 is 0 Å². The average molecular weight is 781 g/mol. The lowest BCUT2D eigenvalue weighted by atomic mass is 10.2. The van der Waals surface area contributed by atoms with Crippen molar-refractivity contribution in [3.8, 4) is 0 Å². The van der Waals surface area contributed by atoms with Gasteiger partial charge in [-0.1, -0.05) is 47.8 Å². The van der Waals surface area contributed by atoms with Crippen LogP contribution < -0.4 is 21.3 Å². The molecule has 55 heavy (non-hydrogen) atoms. The van der Waals surface area contributed by atoms with Crippen LogP contribution in [0.1, 0.15) is 32.1 Å². The van der Waals surface area contributed by atoms with Gasteiger partial charge >= 0.3 is 0 Å². The molecule has 0 atom stereocenters. The minimum atomic E-state index is 0.992. The number of nitrogens with one attached hydrogen (secondary N) is 4. The summed E-state index contributed by atoms with van der Waals surface area (Å²) in [5.74, 6) is 0. The Hall–Kier alpha value is -3.38. The second-order valence-electron chi connectivity index (χ2n) is 15.0. The van der Waals surface area contributed by atoms with Crippen molar-refractivity contribution in [1.29, 1.82) is 0 Å². The lowest BCUT2D eigenvalue weighted by Gasteiger charge is -2.32. The zero-order chi connectivity index (χ0) is 37.9. The summed E-state index contributed by atoms with van der Waals surface area (Å²) >= 11 is 3.67. The minimum Gasteiger partial charge on any atom is -0.385 e. The highest BCUT2D eigenvalue weighted by Crippen LogP contribution is 2.35. The molecule has 0 aromatic heterocycles. The second-order valence-corrected chi connectivity index (χ2v) is 17.2. The topological polar surface area (TPSA) is 61.1 Å². The predicted molar refractivity (Wildman–Crippen MR) is 239 cm³/mol. The number of likely N-dealkylation sites (N-methyl/N-ethyl adjacent to an activating group) is 2. The van der Waals surface area contributed by atoms with Gasteiger partial charge in [0.2, 0.25) is 0 Å². The van der Waals surface area contributed by atoms with Gasteiger partial charge in [-0.25, -0.2) is 0 Å². The average Bonchev–Trinajstić information content (AvgIpc) is 3.21. The highest BCUT2D eigenvalue weighted by atomic mass is 32.2. The molecule has 2 aliphatic heterocycles. The molecule has 0 radical (unpaired) electrons. The van der Waals surface area contributed by atoms with E-state index in [4.69, 9.17) is 0 Å². The summed E-state index contributed by atoms with van der Waals surface area (Å²) in [5.41, 5.74) is 4.84. The first kappa shape index (κ1) is 41.3. The van der Waals surface area contributed by atoms with Crippen LogP contribution in [0.2, 0.25) is 0 Å². The first-order valence-corrected chi connectivity index (χ1v) is 22.2. The first-order chi connectivity index (χ1) is 27.1. The van der Waals surface area contributed by atoms with E-state index in [0.29, 0.717) is 0 Å². The van der Waals surface area contributed by atoms with Gasteiger partial charge in [0.1, 0.15) is 0 Å². The maximum absolute atomic E-state index is 3.70. The Morgan fingerprint density at radius 2 is 0.800 bits per heavy atom. The molecule has 0 unspecified atom stereocenters. The zero-order valence-electron chi connectivity index (χ0n) is 33.3. The molecule has 8 nitrogen and oxygen atoms in total. The molecule has 2 heterocycles. The van der Waals surface area contributed by atoms with Crippen molar-refractivity contribution in [2.24, 2.45) is 0 Å². The first-order valence-electron chi connectivity index (χ1n) is 20.6. The summed E-state index contributed by atoms with van der Waals surface area (Å²) in [7, 11) is 4.44. The molecule has 6 rings (SSSR count). The Morgan fingerprint density at radius 3 is 1.22 bits per heavy atom. The predicted octanol–water partition coefficient (Wildman–Crippen LogP) is 8.78. The molecular weight excluding hydrogens is 717 g/mol. The van der Waals surface area contributed by atoms with Crippen LogP contribution in [0, 0.1) is 0 Å². The van der Waals surface area contributed by atoms with Crippen LogP contribution in [0.5, 0.6) is 0 Å². The molecule has 2 aliphatic rings. The van der Waals surface area contributed by atoms with E-state index < -0.39 is 0 Å². The summed E-state index contributed by atoms with van der Waals surface area (Å²) in [6, 6.07) is 35.2. The van der Waals surface area contributed by atoms with E-state index in [0.717, 1.165) is 39.0 Å². The van der Waals surface area contributed by atoms with Gasteiger partial charge in [0.05, 0.1) is 0 Å². The normalized spacial score (nSPS) is 15.9. The zero-order valence-corrected chi connectivity index (χ0v) is 34.9. The maximum Gasteiger partial charge on any atom is 0.0482 e. The number of hydrogen-bond acceptors (Lipinski definition) is 10. The van der Waals surface area contributed by atoms with Crippen LogP contribution in [0.4, 0.5) is 22.7 Å². The molecular formula is C45H64N8S2. The van der Waals surface area contributed by atoms with Gasteiger partial charge in [-0.15, -0.1) is 0 Å². The van der Waals surface area contributed by atoms with Crippen molar-refractivity contribution in [2.45, 2.75) is 51.7 Å². The van der Waals surface area contributed by atoms with Crippen LogP contribution in [0.15, 0.2) is 117 Å². The molecule has 4 aromatic carbocycles. The number of rotatable bonds is 22. The highest BCUT2D eigenvalue weighted by molar-refractivity contribution is 7.99. The number of anilines is 4. The molecule has 0 aliphatic carbocycles. The summed E-state index contributed by atoms with van der Waals surface area (Å²) in [5, 5.41) is 14.6. The third kappa shape index (κ3) is 14.6. The third-order valence-corrected chi connectivity index (χ3v) is 12.7. The van der Waals surface area contributed by atoms with Crippen molar-refractivity contribution in [1.82, 2.24) is 19.6 Å². The minimum absolute atomic E-state index is 0.992. The Morgan fingerprint density at radius 1 is 0.418 bits per heavy atom. The molecule has 296 valence electrons. The largest absolute Gasteiger partial charge is 0.385 e. The number of para-hydroxylation sites is 2. The molecule has 2 fully saturated rings. The molecule has 0 saturated carbocycles. The third-order valence-electron chi connectivity index (χ3n) is 10.6. The van der Waals surface area contributed by atoms with Gasteiger partial charge in [-0.2, -0.15) is 0 Å². The summed E-state index contributed by atoms with van der Waals surface area (Å²) in [6.45, 7) is 15.8. The van der Waals surface area contributed by atoms with E-state index in [2.05, 4.69) is 152 Å². The lowest BCUT2D eigenvalue weighted by molar-refractivity contribution is 0.154. The molecule has 2 saturated heterocycles. The van der Waals surface area contributed by atoms with Crippen LogP contribution >= 0.6 is 23.5 Å². The van der Waals surface area contributed by atoms with Gasteiger partial charge in [0.25, 0.3) is 0 Å². The van der Waals surface area contributed by atoms with Gasteiger partial charge in [0, 0.05) is 121 Å². The fourth-order valence-corrected chi connectivity index (χ4v) is 8.87. The fraction of sp³-hybridized carbons (Fsp3) is 0.467. The van der Waals surface area contributed by atoms with Crippen LogP contribution in [-0.2, 0) is 0 Å². The Labute approximate surface area is 340 Å². The standard InChI is InChI=1S/C45H64N8S2/c1-50-30-34-52(35-31-50)28-10-26-48-42-12-4-6-14-44(42)54-40-20-16-38(17-21-40)46-24-8-3-9-25-47-39-18-22-41(23-19-39)55-45-15-7-5-13-43(45)49-27-11-29-53-36-32-51(2)33-37-53/h4-7,12-23,46-49H,3,8-11,24-37H2,1-2H3. The highest BCUT2D eigenvalue weighted by Gasteiger charge is 2.14. The van der Waals surface area contributed by atoms with Crippen molar-refractivity contribution in [3.63, 3.8) is 0 Å². The van der Waals surface area contributed by atoms with Crippen molar-refractivity contribution in [3.05, 3.63) is 97.1 Å². The van der Waals surface area contributed by atoms with Gasteiger partial charge in [-0.05, 0) is 132 Å². The number of piperazine rings is 2. The number of unbranched alkanes of at least 4 members (excludes halogenated alkanes) is 2. The molecule has 0 spiro atoms. The smallest absolute Gasteiger partial charge is 0.0482 e. The van der Waals surface area contributed by atoms with Crippen LogP contribution in [0.25, 0.3) is 0 Å². The van der Waals surface area contributed by atoms with Gasteiger partial charge in [-0.3, -0.25) is 0 Å². The fourth-order valence-electron chi connectivity index (χ4n) is 7.03. The van der Waals surface area contributed by atoms with E-state index in [-0.39, 0.29) is 0 Å². The van der Waals surface area contributed by atoms with Crippen molar-refractivity contribution in [2.75, 3.05) is 127 Å².